The van der Waals surface area contributed by atoms with Crippen LogP contribution >= 0.6 is 15.9 Å². The van der Waals surface area contributed by atoms with Crippen LogP contribution in [0, 0.1) is 0 Å². The lowest BCUT2D eigenvalue weighted by Gasteiger charge is -2.06. The van der Waals surface area contributed by atoms with Crippen LogP contribution in [0.1, 0.15) is 23.2 Å². The van der Waals surface area contributed by atoms with Crippen molar-refractivity contribution < 1.29 is 9.26 Å². The largest absolute Gasteiger partial charge is 0.379 e. The van der Waals surface area contributed by atoms with Crippen LogP contribution in [0.2, 0.25) is 0 Å². The van der Waals surface area contributed by atoms with Gasteiger partial charge in [0.15, 0.2) is 5.82 Å². The maximum Gasteiger partial charge on any atom is 0.233 e. The molecule has 1 aliphatic rings. The highest BCUT2D eigenvalue weighted by molar-refractivity contribution is 9.10. The van der Waals surface area contributed by atoms with E-state index in [-0.39, 0.29) is 12.0 Å². The molecular formula is C13H14BrN3O2. The number of benzene rings is 1. The zero-order valence-corrected chi connectivity index (χ0v) is 11.8. The normalized spacial score (nSPS) is 22.8. The van der Waals surface area contributed by atoms with E-state index in [4.69, 9.17) is 15.0 Å². The van der Waals surface area contributed by atoms with Crippen molar-refractivity contribution in [3.05, 3.63) is 46.0 Å². The van der Waals surface area contributed by atoms with Crippen LogP contribution in [0.4, 0.5) is 0 Å². The molecule has 3 rings (SSSR count). The summed E-state index contributed by atoms with van der Waals surface area (Å²) in [6.45, 7) is 1.10. The van der Waals surface area contributed by atoms with Gasteiger partial charge in [0.1, 0.15) is 0 Å². The minimum absolute atomic E-state index is 0.0143. The molecule has 100 valence electrons. The molecule has 2 atom stereocenters. The Labute approximate surface area is 119 Å². The smallest absolute Gasteiger partial charge is 0.233 e. The van der Waals surface area contributed by atoms with Gasteiger partial charge < -0.3 is 15.0 Å². The van der Waals surface area contributed by atoms with Gasteiger partial charge in [-0.25, -0.2) is 0 Å². The zero-order valence-electron chi connectivity index (χ0n) is 10.3. The van der Waals surface area contributed by atoms with Gasteiger partial charge >= 0.3 is 0 Å². The molecule has 2 aromatic rings. The van der Waals surface area contributed by atoms with Gasteiger partial charge in [-0.15, -0.1) is 0 Å². The molecule has 1 saturated heterocycles. The number of rotatable bonds is 3. The van der Waals surface area contributed by atoms with E-state index in [1.54, 1.807) is 0 Å². The summed E-state index contributed by atoms with van der Waals surface area (Å²) in [5, 5.41) is 4.01. The SMILES string of the molecule is NC1COCC1c1nc(Cc2ccccc2Br)no1. The summed E-state index contributed by atoms with van der Waals surface area (Å²) in [5.41, 5.74) is 7.06. The van der Waals surface area contributed by atoms with Crippen molar-refractivity contribution in [2.45, 2.75) is 18.4 Å². The Morgan fingerprint density at radius 3 is 2.89 bits per heavy atom. The second kappa shape index (κ2) is 5.40. The second-order valence-corrected chi connectivity index (χ2v) is 5.48. The molecule has 5 nitrogen and oxygen atoms in total. The molecule has 2 N–H and O–H groups in total. The first kappa shape index (κ1) is 12.8. The van der Waals surface area contributed by atoms with Gasteiger partial charge in [-0.05, 0) is 11.6 Å². The van der Waals surface area contributed by atoms with E-state index in [1.165, 1.54) is 0 Å². The summed E-state index contributed by atoms with van der Waals surface area (Å²) in [5.74, 6) is 1.26. The Morgan fingerprint density at radius 2 is 2.16 bits per heavy atom. The average Bonchev–Trinajstić information content (AvgIpc) is 3.01. The van der Waals surface area contributed by atoms with Crippen LogP contribution in [0.25, 0.3) is 0 Å². The molecule has 0 spiro atoms. The highest BCUT2D eigenvalue weighted by Crippen LogP contribution is 2.24. The highest BCUT2D eigenvalue weighted by Gasteiger charge is 2.31. The second-order valence-electron chi connectivity index (χ2n) is 4.62. The summed E-state index contributed by atoms with van der Waals surface area (Å²) >= 11 is 3.51. The number of nitrogens with zero attached hydrogens (tertiary/aromatic N) is 2. The van der Waals surface area contributed by atoms with Crippen LogP contribution in [0.15, 0.2) is 33.3 Å². The quantitative estimate of drug-likeness (QED) is 0.933. The Balaban J connectivity index is 1.77. The molecule has 1 aliphatic heterocycles. The summed E-state index contributed by atoms with van der Waals surface area (Å²) in [4.78, 5) is 4.42. The Kier molecular flexibility index (Phi) is 3.63. The number of ether oxygens (including phenoxy) is 1. The first-order valence-electron chi connectivity index (χ1n) is 6.13. The van der Waals surface area contributed by atoms with E-state index in [0.29, 0.717) is 31.3 Å². The summed E-state index contributed by atoms with van der Waals surface area (Å²) in [6, 6.07) is 7.94. The van der Waals surface area contributed by atoms with Crippen LogP contribution in [-0.2, 0) is 11.2 Å². The molecular weight excluding hydrogens is 310 g/mol. The monoisotopic (exact) mass is 323 g/mol. The van der Waals surface area contributed by atoms with Gasteiger partial charge in [-0.3, -0.25) is 0 Å². The molecule has 0 radical (unpaired) electrons. The maximum atomic E-state index is 5.94. The lowest BCUT2D eigenvalue weighted by molar-refractivity contribution is 0.187. The maximum absolute atomic E-state index is 5.94. The van der Waals surface area contributed by atoms with Crippen LogP contribution in [0.3, 0.4) is 0 Å². The predicted octanol–water partition coefficient (Wildman–Crippen LogP) is 1.86. The van der Waals surface area contributed by atoms with Crippen molar-refractivity contribution in [1.29, 1.82) is 0 Å². The topological polar surface area (TPSA) is 74.2 Å². The Bertz CT molecular complexity index is 573. The van der Waals surface area contributed by atoms with E-state index in [1.807, 2.05) is 24.3 Å². The number of halogens is 1. The van der Waals surface area contributed by atoms with Crippen LogP contribution in [-0.4, -0.2) is 29.4 Å². The third-order valence-corrected chi connectivity index (χ3v) is 4.01. The van der Waals surface area contributed by atoms with E-state index in [2.05, 4.69) is 26.1 Å². The van der Waals surface area contributed by atoms with E-state index >= 15 is 0 Å². The number of hydrogen-bond acceptors (Lipinski definition) is 5. The Hall–Kier alpha value is -1.24. The third kappa shape index (κ3) is 2.70. The molecule has 0 aliphatic carbocycles. The zero-order chi connectivity index (χ0) is 13.2. The molecule has 19 heavy (non-hydrogen) atoms. The van der Waals surface area contributed by atoms with Gasteiger partial charge in [0.25, 0.3) is 0 Å². The van der Waals surface area contributed by atoms with Crippen molar-refractivity contribution >= 4 is 15.9 Å². The number of aromatic nitrogens is 2. The van der Waals surface area contributed by atoms with Crippen LogP contribution < -0.4 is 5.73 Å². The fourth-order valence-corrected chi connectivity index (χ4v) is 2.55. The highest BCUT2D eigenvalue weighted by atomic mass is 79.9. The molecule has 1 aromatic heterocycles. The number of hydrogen-bond donors (Lipinski definition) is 1. The molecule has 6 heteroatoms. The lowest BCUT2D eigenvalue weighted by Crippen LogP contribution is -2.27. The molecule has 1 fully saturated rings. The molecule has 0 amide bonds. The lowest BCUT2D eigenvalue weighted by atomic mass is 10.1. The van der Waals surface area contributed by atoms with Crippen molar-refractivity contribution in [2.24, 2.45) is 5.73 Å². The first-order chi connectivity index (χ1) is 9.24. The summed E-state index contributed by atoms with van der Waals surface area (Å²) in [7, 11) is 0. The summed E-state index contributed by atoms with van der Waals surface area (Å²) < 4.78 is 11.6. The van der Waals surface area contributed by atoms with Gasteiger partial charge in [0, 0.05) is 16.9 Å². The fraction of sp³-hybridized carbons (Fsp3) is 0.385. The molecule has 1 aromatic carbocycles. The van der Waals surface area contributed by atoms with Crippen molar-refractivity contribution in [2.75, 3.05) is 13.2 Å². The van der Waals surface area contributed by atoms with Crippen LogP contribution in [0.5, 0.6) is 0 Å². The van der Waals surface area contributed by atoms with Crippen molar-refractivity contribution in [1.82, 2.24) is 10.1 Å². The van der Waals surface area contributed by atoms with Crippen molar-refractivity contribution in [3.8, 4) is 0 Å². The predicted molar refractivity (Wildman–Crippen MR) is 72.8 cm³/mol. The minimum Gasteiger partial charge on any atom is -0.379 e. The standard InChI is InChI=1S/C13H14BrN3O2/c14-10-4-2-1-3-8(10)5-12-16-13(19-17-12)9-6-18-7-11(9)15/h1-4,9,11H,5-7,15H2. The minimum atomic E-state index is -0.0586. The molecule has 0 saturated carbocycles. The Morgan fingerprint density at radius 1 is 1.32 bits per heavy atom. The van der Waals surface area contributed by atoms with Crippen molar-refractivity contribution in [3.63, 3.8) is 0 Å². The van der Waals surface area contributed by atoms with E-state index in [0.717, 1.165) is 10.0 Å². The first-order valence-corrected chi connectivity index (χ1v) is 6.92. The fourth-order valence-electron chi connectivity index (χ4n) is 2.13. The molecule has 2 heterocycles. The molecule has 2 unspecified atom stereocenters. The van der Waals surface area contributed by atoms with E-state index in [9.17, 15) is 0 Å². The van der Waals surface area contributed by atoms with Gasteiger partial charge in [0.05, 0.1) is 19.1 Å². The van der Waals surface area contributed by atoms with E-state index < -0.39 is 0 Å². The van der Waals surface area contributed by atoms with Gasteiger partial charge in [-0.2, -0.15) is 4.98 Å². The molecule has 0 bridgehead atoms. The number of nitrogens with two attached hydrogens (primary N) is 1. The average molecular weight is 324 g/mol. The third-order valence-electron chi connectivity index (χ3n) is 3.23. The van der Waals surface area contributed by atoms with Gasteiger partial charge in [-0.1, -0.05) is 39.3 Å². The summed E-state index contributed by atoms with van der Waals surface area (Å²) in [6.07, 6.45) is 0.633. The van der Waals surface area contributed by atoms with Gasteiger partial charge in [0.2, 0.25) is 5.89 Å².